The second kappa shape index (κ2) is 4.55. The Morgan fingerprint density at radius 3 is 2.62 bits per heavy atom. The molecule has 0 bridgehead atoms. The van der Waals surface area contributed by atoms with Gasteiger partial charge in [-0.3, -0.25) is 4.81 Å². The summed E-state index contributed by atoms with van der Waals surface area (Å²) in [5.74, 6) is 0. The van der Waals surface area contributed by atoms with Crippen LogP contribution in [0.2, 0.25) is 0 Å². The number of piperazine rings is 1. The van der Waals surface area contributed by atoms with Gasteiger partial charge in [-0.15, -0.1) is 0 Å². The van der Waals surface area contributed by atoms with Gasteiger partial charge in [-0.25, -0.2) is 0 Å². The highest BCUT2D eigenvalue weighted by Gasteiger charge is 2.41. The van der Waals surface area contributed by atoms with E-state index in [2.05, 4.69) is 5.32 Å². The van der Waals surface area contributed by atoms with Gasteiger partial charge < -0.3 is 15.4 Å². The predicted molar refractivity (Wildman–Crippen MR) is 63.6 cm³/mol. The third kappa shape index (κ3) is 1.99. The summed E-state index contributed by atoms with van der Waals surface area (Å²) in [4.78, 5) is 1.71. The summed E-state index contributed by atoms with van der Waals surface area (Å²) >= 11 is 0. The van der Waals surface area contributed by atoms with Crippen molar-refractivity contribution in [3.63, 3.8) is 0 Å². The smallest absolute Gasteiger partial charge is 0.413 e. The van der Waals surface area contributed by atoms with Crippen molar-refractivity contribution in [1.82, 2.24) is 10.1 Å². The molecule has 3 N–H and O–H groups in total. The average Bonchev–Trinajstić information content (AvgIpc) is 2.30. The standard InChI is InChI=1S/C11H17BN2O2/c1-11(10-5-3-2-4-6-10)9-13-7-8-14(11)12(15)16/h2-6,13,15-16H,7-9H2,1H3. The number of hydrogen-bond donors (Lipinski definition) is 3. The fourth-order valence-electron chi connectivity index (χ4n) is 2.32. The number of rotatable bonds is 2. The predicted octanol–water partition coefficient (Wildman–Crippen LogP) is -0.223. The van der Waals surface area contributed by atoms with E-state index in [-0.39, 0.29) is 5.54 Å². The van der Waals surface area contributed by atoms with Gasteiger partial charge >= 0.3 is 7.25 Å². The average molecular weight is 220 g/mol. The maximum Gasteiger partial charge on any atom is 0.552 e. The van der Waals surface area contributed by atoms with Crippen LogP contribution in [0.5, 0.6) is 0 Å². The van der Waals surface area contributed by atoms with E-state index >= 15 is 0 Å². The van der Waals surface area contributed by atoms with E-state index in [1.165, 1.54) is 0 Å². The van der Waals surface area contributed by atoms with Crippen LogP contribution < -0.4 is 5.32 Å². The van der Waals surface area contributed by atoms with E-state index < -0.39 is 7.25 Å². The van der Waals surface area contributed by atoms with Crippen molar-refractivity contribution in [2.75, 3.05) is 19.6 Å². The third-order valence-corrected chi connectivity index (χ3v) is 3.31. The van der Waals surface area contributed by atoms with Crippen LogP contribution in [0.3, 0.4) is 0 Å². The van der Waals surface area contributed by atoms with Crippen molar-refractivity contribution in [3.8, 4) is 0 Å². The Morgan fingerprint density at radius 1 is 1.31 bits per heavy atom. The molecule has 0 aliphatic carbocycles. The van der Waals surface area contributed by atoms with Gasteiger partial charge in [0.1, 0.15) is 0 Å². The minimum atomic E-state index is -1.41. The molecule has 1 unspecified atom stereocenters. The lowest BCUT2D eigenvalue weighted by Crippen LogP contribution is -2.62. The van der Waals surface area contributed by atoms with Gasteiger partial charge in [-0.05, 0) is 12.5 Å². The van der Waals surface area contributed by atoms with Crippen molar-refractivity contribution >= 4 is 7.25 Å². The summed E-state index contributed by atoms with van der Waals surface area (Å²) < 4.78 is 0. The summed E-state index contributed by atoms with van der Waals surface area (Å²) in [6, 6.07) is 9.93. The Kier molecular flexibility index (Phi) is 3.30. The second-order valence-electron chi connectivity index (χ2n) is 4.36. The molecule has 1 saturated heterocycles. The molecule has 0 spiro atoms. The van der Waals surface area contributed by atoms with Crippen LogP contribution in [0.25, 0.3) is 0 Å². The maximum atomic E-state index is 9.43. The zero-order chi connectivity index (χ0) is 11.6. The van der Waals surface area contributed by atoms with Crippen molar-refractivity contribution in [1.29, 1.82) is 0 Å². The Hall–Kier alpha value is -0.875. The van der Waals surface area contributed by atoms with E-state index in [1.54, 1.807) is 4.81 Å². The molecule has 1 heterocycles. The summed E-state index contributed by atoms with van der Waals surface area (Å²) in [6.45, 7) is 4.14. The van der Waals surface area contributed by atoms with Gasteiger partial charge in [0.15, 0.2) is 0 Å². The number of benzene rings is 1. The molecule has 2 rings (SSSR count). The molecular weight excluding hydrogens is 203 g/mol. The van der Waals surface area contributed by atoms with Gasteiger partial charge in [0.25, 0.3) is 0 Å². The molecule has 1 aromatic rings. The molecule has 1 fully saturated rings. The van der Waals surface area contributed by atoms with E-state index in [4.69, 9.17) is 0 Å². The highest BCUT2D eigenvalue weighted by atomic mass is 16.4. The van der Waals surface area contributed by atoms with Crippen LogP contribution in [-0.4, -0.2) is 41.7 Å². The lowest BCUT2D eigenvalue weighted by molar-refractivity contribution is 0.113. The Labute approximate surface area is 96.1 Å². The van der Waals surface area contributed by atoms with Gasteiger partial charge in [-0.2, -0.15) is 0 Å². The molecule has 5 heteroatoms. The van der Waals surface area contributed by atoms with Gasteiger partial charge in [0, 0.05) is 25.2 Å². The monoisotopic (exact) mass is 220 g/mol. The molecule has 16 heavy (non-hydrogen) atoms. The molecule has 1 aromatic carbocycles. The molecule has 0 amide bonds. The zero-order valence-electron chi connectivity index (χ0n) is 9.43. The summed E-state index contributed by atoms with van der Waals surface area (Å²) in [5, 5.41) is 22.2. The molecule has 86 valence electrons. The van der Waals surface area contributed by atoms with E-state index in [0.717, 1.165) is 12.1 Å². The Balaban J connectivity index is 2.33. The normalized spacial score (nSPS) is 26.7. The lowest BCUT2D eigenvalue weighted by Gasteiger charge is -2.45. The first kappa shape index (κ1) is 11.6. The fraction of sp³-hybridized carbons (Fsp3) is 0.455. The van der Waals surface area contributed by atoms with Crippen LogP contribution in [0.15, 0.2) is 30.3 Å². The van der Waals surface area contributed by atoms with Crippen LogP contribution in [0.1, 0.15) is 12.5 Å². The van der Waals surface area contributed by atoms with Gasteiger partial charge in [0.2, 0.25) is 0 Å². The van der Waals surface area contributed by atoms with Crippen LogP contribution in [-0.2, 0) is 5.54 Å². The van der Waals surface area contributed by atoms with Crippen LogP contribution in [0, 0.1) is 0 Å². The summed E-state index contributed by atoms with van der Waals surface area (Å²) in [6.07, 6.45) is 0. The molecule has 1 aliphatic rings. The van der Waals surface area contributed by atoms with Crippen molar-refractivity contribution in [3.05, 3.63) is 35.9 Å². The molecule has 1 atom stereocenters. The Morgan fingerprint density at radius 2 is 2.00 bits per heavy atom. The number of hydrogen-bond acceptors (Lipinski definition) is 4. The summed E-state index contributed by atoms with van der Waals surface area (Å²) in [5.41, 5.74) is 0.725. The highest BCUT2D eigenvalue weighted by Crippen LogP contribution is 2.29. The maximum absolute atomic E-state index is 9.43. The molecule has 1 aliphatic heterocycles. The zero-order valence-corrected chi connectivity index (χ0v) is 9.43. The minimum Gasteiger partial charge on any atom is -0.413 e. The van der Waals surface area contributed by atoms with E-state index in [1.807, 2.05) is 37.3 Å². The summed E-state index contributed by atoms with van der Waals surface area (Å²) in [7, 11) is -1.41. The van der Waals surface area contributed by atoms with Crippen molar-refractivity contribution < 1.29 is 10.0 Å². The lowest BCUT2D eigenvalue weighted by atomic mass is 9.82. The largest absolute Gasteiger partial charge is 0.552 e. The van der Waals surface area contributed by atoms with Crippen molar-refractivity contribution in [2.45, 2.75) is 12.5 Å². The third-order valence-electron chi connectivity index (χ3n) is 3.31. The van der Waals surface area contributed by atoms with E-state index in [9.17, 15) is 10.0 Å². The van der Waals surface area contributed by atoms with Gasteiger partial charge in [-0.1, -0.05) is 30.3 Å². The number of nitrogens with one attached hydrogen (secondary N) is 1. The first-order chi connectivity index (χ1) is 7.64. The molecule has 4 nitrogen and oxygen atoms in total. The first-order valence-corrected chi connectivity index (χ1v) is 5.54. The molecule has 0 saturated carbocycles. The second-order valence-corrected chi connectivity index (χ2v) is 4.36. The highest BCUT2D eigenvalue weighted by molar-refractivity contribution is 6.37. The van der Waals surface area contributed by atoms with Crippen LogP contribution in [0.4, 0.5) is 0 Å². The SMILES string of the molecule is CC1(c2ccccc2)CNCCN1B(O)O. The Bertz CT molecular complexity index is 347. The first-order valence-electron chi connectivity index (χ1n) is 5.54. The number of nitrogens with zero attached hydrogens (tertiary/aromatic N) is 1. The molecule has 0 radical (unpaired) electrons. The van der Waals surface area contributed by atoms with Crippen molar-refractivity contribution in [2.24, 2.45) is 0 Å². The van der Waals surface area contributed by atoms with Gasteiger partial charge in [0.05, 0.1) is 0 Å². The fourth-order valence-corrected chi connectivity index (χ4v) is 2.32. The van der Waals surface area contributed by atoms with E-state index in [0.29, 0.717) is 13.1 Å². The van der Waals surface area contributed by atoms with Crippen LogP contribution >= 0.6 is 0 Å². The topological polar surface area (TPSA) is 55.7 Å². The minimum absolute atomic E-state index is 0.367. The molecular formula is C11H17BN2O2. The molecule has 0 aromatic heterocycles. The quantitative estimate of drug-likeness (QED) is 0.603.